The van der Waals surface area contributed by atoms with E-state index >= 15 is 0 Å². The summed E-state index contributed by atoms with van der Waals surface area (Å²) < 4.78 is 1.94. The Balaban J connectivity index is 1.47. The van der Waals surface area contributed by atoms with E-state index in [1.807, 2.05) is 29.3 Å². The molecule has 138 valence electrons. The molecule has 0 bridgehead atoms. The van der Waals surface area contributed by atoms with Crippen molar-refractivity contribution >= 4 is 28.5 Å². The van der Waals surface area contributed by atoms with Gasteiger partial charge in [-0.05, 0) is 38.4 Å². The average molecular weight is 354 g/mol. The second-order valence-corrected chi connectivity index (χ2v) is 6.97. The zero-order valence-electron chi connectivity index (χ0n) is 15.4. The Labute approximate surface area is 153 Å². The van der Waals surface area contributed by atoms with Crippen LogP contribution in [0.25, 0.3) is 11.0 Å². The number of rotatable bonds is 9. The Morgan fingerprint density at radius 1 is 1.35 bits per heavy atom. The lowest BCUT2D eigenvalue weighted by Crippen LogP contribution is -2.22. The quantitative estimate of drug-likeness (QED) is 0.548. The molecule has 3 heterocycles. The fourth-order valence-corrected chi connectivity index (χ4v) is 2.81. The lowest BCUT2D eigenvalue weighted by molar-refractivity contribution is 0.328. The summed E-state index contributed by atoms with van der Waals surface area (Å²) in [5, 5.41) is 12.2. The molecule has 3 N–H and O–H groups in total. The van der Waals surface area contributed by atoms with Crippen molar-refractivity contribution in [3.05, 3.63) is 24.7 Å². The first-order chi connectivity index (χ1) is 12.7. The van der Waals surface area contributed by atoms with Crippen LogP contribution >= 0.6 is 0 Å². The summed E-state index contributed by atoms with van der Waals surface area (Å²) in [6, 6.07) is 2.01. The zero-order chi connectivity index (χ0) is 17.9. The minimum absolute atomic E-state index is 0.573. The minimum Gasteiger partial charge on any atom is -0.369 e. The van der Waals surface area contributed by atoms with Crippen LogP contribution in [0.2, 0.25) is 0 Å². The average Bonchev–Trinajstić information content (AvgIpc) is 3.16. The Kier molecular flexibility index (Phi) is 4.75. The van der Waals surface area contributed by atoms with Crippen LogP contribution in [0.1, 0.15) is 19.8 Å². The van der Waals surface area contributed by atoms with Gasteiger partial charge in [-0.25, -0.2) is 0 Å². The smallest absolute Gasteiger partial charge is 0.231 e. The molecule has 1 aliphatic rings. The molecule has 0 spiro atoms. The third-order valence-electron chi connectivity index (χ3n) is 4.81. The van der Waals surface area contributed by atoms with E-state index in [0.717, 1.165) is 54.6 Å². The van der Waals surface area contributed by atoms with Gasteiger partial charge in [0.1, 0.15) is 11.5 Å². The third kappa shape index (κ3) is 3.96. The topological polar surface area (TPSA) is 86.7 Å². The first-order valence-corrected chi connectivity index (χ1v) is 9.28. The van der Waals surface area contributed by atoms with Gasteiger partial charge in [0, 0.05) is 25.5 Å². The van der Waals surface area contributed by atoms with Crippen LogP contribution in [0, 0.1) is 5.92 Å². The van der Waals surface area contributed by atoms with Crippen molar-refractivity contribution in [2.75, 3.05) is 37.3 Å². The second-order valence-electron chi connectivity index (χ2n) is 6.97. The molecule has 1 aliphatic carbocycles. The molecule has 0 unspecified atom stereocenters. The Bertz CT molecular complexity index is 863. The highest BCUT2D eigenvalue weighted by Crippen LogP contribution is 2.30. The molecule has 0 aromatic carbocycles. The number of likely N-dealkylation sites (N-methyl/N-ethyl adjacent to an activating group) is 1. The molecule has 0 saturated heterocycles. The number of aromatic amines is 1. The lowest BCUT2D eigenvalue weighted by atomic mass is 10.3. The molecule has 3 aromatic rings. The van der Waals surface area contributed by atoms with Gasteiger partial charge in [-0.15, -0.1) is 0 Å². The fraction of sp³-hybridized carbons (Fsp3) is 0.500. The second kappa shape index (κ2) is 7.33. The summed E-state index contributed by atoms with van der Waals surface area (Å²) in [4.78, 5) is 14.7. The first kappa shape index (κ1) is 16.8. The molecule has 0 atom stereocenters. The van der Waals surface area contributed by atoms with Gasteiger partial charge >= 0.3 is 0 Å². The SMILES string of the molecule is CCN(C)CCn1cc(Nc2nc(NCC3CC3)c3cc[nH]c3n2)cn1. The van der Waals surface area contributed by atoms with Gasteiger partial charge in [-0.1, -0.05) is 6.92 Å². The molecule has 4 rings (SSSR count). The van der Waals surface area contributed by atoms with Crippen LogP contribution in [-0.4, -0.2) is 56.3 Å². The molecule has 1 fully saturated rings. The van der Waals surface area contributed by atoms with Gasteiger partial charge in [0.05, 0.1) is 23.8 Å². The molecule has 0 radical (unpaired) electrons. The van der Waals surface area contributed by atoms with Crippen LogP contribution in [0.5, 0.6) is 0 Å². The van der Waals surface area contributed by atoms with Crippen molar-refractivity contribution < 1.29 is 0 Å². The predicted octanol–water partition coefficient (Wildman–Crippen LogP) is 2.67. The van der Waals surface area contributed by atoms with Gasteiger partial charge in [0.25, 0.3) is 0 Å². The molecular weight excluding hydrogens is 328 g/mol. The van der Waals surface area contributed by atoms with Crippen LogP contribution in [0.15, 0.2) is 24.7 Å². The predicted molar refractivity (Wildman–Crippen MR) is 104 cm³/mol. The van der Waals surface area contributed by atoms with Crippen LogP contribution in [-0.2, 0) is 6.54 Å². The number of anilines is 3. The number of aromatic nitrogens is 5. The minimum atomic E-state index is 0.573. The van der Waals surface area contributed by atoms with E-state index in [4.69, 9.17) is 0 Å². The molecule has 0 amide bonds. The van der Waals surface area contributed by atoms with Crippen LogP contribution in [0.4, 0.5) is 17.5 Å². The van der Waals surface area contributed by atoms with E-state index in [0.29, 0.717) is 5.95 Å². The van der Waals surface area contributed by atoms with E-state index in [9.17, 15) is 0 Å². The normalized spacial score (nSPS) is 14.3. The van der Waals surface area contributed by atoms with Crippen LogP contribution in [0.3, 0.4) is 0 Å². The number of fused-ring (bicyclic) bond motifs is 1. The molecule has 8 nitrogen and oxygen atoms in total. The highest BCUT2D eigenvalue weighted by molar-refractivity contribution is 5.88. The molecule has 26 heavy (non-hydrogen) atoms. The van der Waals surface area contributed by atoms with Crippen molar-refractivity contribution in [1.29, 1.82) is 0 Å². The van der Waals surface area contributed by atoms with E-state index in [2.05, 4.69) is 49.6 Å². The van der Waals surface area contributed by atoms with Gasteiger partial charge in [0.15, 0.2) is 0 Å². The summed E-state index contributed by atoms with van der Waals surface area (Å²) in [5.41, 5.74) is 1.72. The Morgan fingerprint density at radius 2 is 2.23 bits per heavy atom. The molecule has 1 saturated carbocycles. The van der Waals surface area contributed by atoms with Gasteiger partial charge < -0.3 is 20.5 Å². The molecule has 3 aromatic heterocycles. The van der Waals surface area contributed by atoms with Gasteiger partial charge in [0.2, 0.25) is 5.95 Å². The van der Waals surface area contributed by atoms with E-state index in [-0.39, 0.29) is 0 Å². The van der Waals surface area contributed by atoms with E-state index in [1.54, 1.807) is 0 Å². The maximum Gasteiger partial charge on any atom is 0.231 e. The number of hydrogen-bond donors (Lipinski definition) is 3. The number of nitrogens with one attached hydrogen (secondary N) is 3. The van der Waals surface area contributed by atoms with Gasteiger partial charge in [-0.3, -0.25) is 4.68 Å². The third-order valence-corrected chi connectivity index (χ3v) is 4.81. The van der Waals surface area contributed by atoms with Crippen molar-refractivity contribution in [3.63, 3.8) is 0 Å². The van der Waals surface area contributed by atoms with Crippen molar-refractivity contribution in [3.8, 4) is 0 Å². The summed E-state index contributed by atoms with van der Waals surface area (Å²) in [6.45, 7) is 5.99. The van der Waals surface area contributed by atoms with Gasteiger partial charge in [-0.2, -0.15) is 15.1 Å². The highest BCUT2D eigenvalue weighted by atomic mass is 15.3. The first-order valence-electron chi connectivity index (χ1n) is 9.28. The Hall–Kier alpha value is -2.61. The molecule has 0 aliphatic heterocycles. The Morgan fingerprint density at radius 3 is 3.04 bits per heavy atom. The summed E-state index contributed by atoms with van der Waals surface area (Å²) in [6.07, 6.45) is 8.32. The van der Waals surface area contributed by atoms with Crippen LogP contribution < -0.4 is 10.6 Å². The monoisotopic (exact) mass is 354 g/mol. The molecule has 8 heteroatoms. The van der Waals surface area contributed by atoms with E-state index < -0.39 is 0 Å². The van der Waals surface area contributed by atoms with E-state index in [1.165, 1.54) is 12.8 Å². The van der Waals surface area contributed by atoms with Crippen molar-refractivity contribution in [2.24, 2.45) is 5.92 Å². The maximum absolute atomic E-state index is 4.67. The summed E-state index contributed by atoms with van der Waals surface area (Å²) in [5.74, 6) is 2.24. The standard InChI is InChI=1S/C18H26N8/c1-3-25(2)8-9-26-12-14(11-21-26)22-18-23-16-15(6-7-19-16)17(24-18)20-10-13-4-5-13/h6-7,11-13H,3-5,8-10H2,1-2H3,(H3,19,20,22,23,24). The fourth-order valence-electron chi connectivity index (χ4n) is 2.81. The largest absolute Gasteiger partial charge is 0.369 e. The molecular formula is C18H26N8. The zero-order valence-corrected chi connectivity index (χ0v) is 15.4. The summed E-state index contributed by atoms with van der Waals surface area (Å²) >= 11 is 0. The number of hydrogen-bond acceptors (Lipinski definition) is 6. The van der Waals surface area contributed by atoms with Crippen molar-refractivity contribution in [1.82, 2.24) is 29.6 Å². The van der Waals surface area contributed by atoms with Crippen molar-refractivity contribution in [2.45, 2.75) is 26.3 Å². The summed E-state index contributed by atoms with van der Waals surface area (Å²) in [7, 11) is 2.11. The maximum atomic E-state index is 4.67. The number of H-pyrrole nitrogens is 1. The number of nitrogens with zero attached hydrogens (tertiary/aromatic N) is 5. The highest BCUT2D eigenvalue weighted by Gasteiger charge is 2.21. The lowest BCUT2D eigenvalue weighted by Gasteiger charge is -2.13.